The number of benzene rings is 6. The van der Waals surface area contributed by atoms with Crippen LogP contribution in [0.25, 0.3) is 54.3 Å². The van der Waals surface area contributed by atoms with Crippen molar-refractivity contribution in [2.75, 3.05) is 0 Å². The topological polar surface area (TPSA) is 62.8 Å². The Morgan fingerprint density at radius 2 is 1.30 bits per heavy atom. The van der Waals surface area contributed by atoms with Crippen LogP contribution in [-0.2, 0) is 0 Å². The number of pyridine rings is 1. The van der Waals surface area contributed by atoms with E-state index in [4.69, 9.17) is 19.4 Å². The lowest BCUT2D eigenvalue weighted by Crippen LogP contribution is -2.34. The van der Waals surface area contributed by atoms with Gasteiger partial charge in [-0.1, -0.05) is 109 Å². The first-order valence-corrected chi connectivity index (χ1v) is 14.4. The zero-order chi connectivity index (χ0) is 28.3. The highest BCUT2D eigenvalue weighted by Crippen LogP contribution is 2.34. The molecule has 0 fully saturated rings. The maximum absolute atomic E-state index is 6.17. The summed E-state index contributed by atoms with van der Waals surface area (Å²) in [5, 5.41) is 12.8. The minimum absolute atomic E-state index is 0.328. The van der Waals surface area contributed by atoms with Gasteiger partial charge in [-0.3, -0.25) is 4.98 Å². The smallest absolute Gasteiger partial charge is 0.159 e. The highest BCUT2D eigenvalue weighted by Gasteiger charge is 2.24. The van der Waals surface area contributed by atoms with E-state index < -0.39 is 0 Å². The van der Waals surface area contributed by atoms with Gasteiger partial charge in [0.25, 0.3) is 0 Å². The Labute approximate surface area is 246 Å². The van der Waals surface area contributed by atoms with Crippen LogP contribution in [0.4, 0.5) is 0 Å². The van der Waals surface area contributed by atoms with E-state index >= 15 is 0 Å². The molecule has 6 aromatic carbocycles. The van der Waals surface area contributed by atoms with Gasteiger partial charge in [-0.05, 0) is 56.1 Å². The molecule has 0 bridgehead atoms. The maximum atomic E-state index is 6.17. The highest BCUT2D eigenvalue weighted by atomic mass is 16.3. The van der Waals surface area contributed by atoms with Gasteiger partial charge in [-0.2, -0.15) is 0 Å². The predicted molar refractivity (Wildman–Crippen MR) is 176 cm³/mol. The number of amidine groups is 2. The number of hydrogen-bond acceptors (Lipinski definition) is 5. The number of furan rings is 1. The van der Waals surface area contributed by atoms with Gasteiger partial charge in [0.2, 0.25) is 0 Å². The van der Waals surface area contributed by atoms with Crippen LogP contribution in [0.3, 0.4) is 0 Å². The summed E-state index contributed by atoms with van der Waals surface area (Å²) < 4.78 is 6.17. The molecule has 0 spiro atoms. The summed E-state index contributed by atoms with van der Waals surface area (Å²) in [5.74, 6) is 1.33. The Kier molecular flexibility index (Phi) is 5.19. The monoisotopic (exact) mass is 552 g/mol. The van der Waals surface area contributed by atoms with E-state index in [2.05, 4.69) is 90.2 Å². The number of aromatic nitrogens is 1. The number of nitrogens with one attached hydrogen (secondary N) is 1. The summed E-state index contributed by atoms with van der Waals surface area (Å²) in [7, 11) is 0. The molecule has 202 valence electrons. The Morgan fingerprint density at radius 1 is 0.581 bits per heavy atom. The van der Waals surface area contributed by atoms with Crippen molar-refractivity contribution in [3.63, 3.8) is 0 Å². The van der Waals surface area contributed by atoms with Gasteiger partial charge in [0, 0.05) is 17.1 Å². The Bertz CT molecular complexity index is 2440. The van der Waals surface area contributed by atoms with Crippen molar-refractivity contribution < 1.29 is 4.42 Å². The van der Waals surface area contributed by atoms with Crippen LogP contribution < -0.4 is 5.32 Å². The molecule has 2 aromatic heterocycles. The lowest BCUT2D eigenvalue weighted by molar-refractivity contribution is 0.666. The van der Waals surface area contributed by atoms with Crippen LogP contribution in [0.5, 0.6) is 0 Å². The molecule has 8 aromatic rings. The quantitative estimate of drug-likeness (QED) is 0.223. The van der Waals surface area contributed by atoms with Crippen LogP contribution in [-0.4, -0.2) is 16.7 Å². The van der Waals surface area contributed by atoms with E-state index in [1.807, 2.05) is 42.5 Å². The van der Waals surface area contributed by atoms with Gasteiger partial charge in [0.15, 0.2) is 11.7 Å². The molecule has 1 aliphatic rings. The maximum Gasteiger partial charge on any atom is 0.159 e. The van der Waals surface area contributed by atoms with Crippen molar-refractivity contribution in [1.82, 2.24) is 10.3 Å². The van der Waals surface area contributed by atoms with Crippen LogP contribution >= 0.6 is 0 Å². The molecule has 5 nitrogen and oxygen atoms in total. The van der Waals surface area contributed by atoms with Crippen molar-refractivity contribution in [2.24, 2.45) is 9.98 Å². The molecule has 1 aliphatic heterocycles. The second-order valence-corrected chi connectivity index (χ2v) is 10.9. The summed E-state index contributed by atoms with van der Waals surface area (Å²) in [6.07, 6.45) is 1.45. The number of fused-ring (bicyclic) bond motifs is 8. The van der Waals surface area contributed by atoms with Crippen molar-refractivity contribution in [3.05, 3.63) is 150 Å². The van der Waals surface area contributed by atoms with Gasteiger partial charge in [0.05, 0.1) is 5.39 Å². The van der Waals surface area contributed by atoms with E-state index in [1.165, 1.54) is 32.3 Å². The summed E-state index contributed by atoms with van der Waals surface area (Å²) in [6.45, 7) is 0. The first-order chi connectivity index (χ1) is 21.3. The molecule has 0 saturated carbocycles. The molecule has 3 heterocycles. The molecule has 0 aliphatic carbocycles. The molecule has 0 amide bonds. The minimum atomic E-state index is -0.328. The van der Waals surface area contributed by atoms with Gasteiger partial charge in [-0.25, -0.2) is 9.98 Å². The predicted octanol–water partition coefficient (Wildman–Crippen LogP) is 8.94. The third kappa shape index (κ3) is 3.82. The van der Waals surface area contributed by atoms with Crippen LogP contribution in [0.15, 0.2) is 148 Å². The summed E-state index contributed by atoms with van der Waals surface area (Å²) in [5.41, 5.74) is 4.35. The molecular weight excluding hydrogens is 528 g/mol. The first kappa shape index (κ1) is 23.9. The summed E-state index contributed by atoms with van der Waals surface area (Å²) in [6, 6.07) is 44.1. The molecule has 9 rings (SSSR count). The van der Waals surface area contributed by atoms with E-state index in [9.17, 15) is 0 Å². The average molecular weight is 553 g/mol. The summed E-state index contributed by atoms with van der Waals surface area (Å²) >= 11 is 0. The second-order valence-electron chi connectivity index (χ2n) is 10.9. The molecule has 0 radical (unpaired) electrons. The Hall–Kier alpha value is -5.81. The Balaban J connectivity index is 1.26. The average Bonchev–Trinajstić information content (AvgIpc) is 3.47. The lowest BCUT2D eigenvalue weighted by atomic mass is 9.96. The van der Waals surface area contributed by atoms with Gasteiger partial charge >= 0.3 is 0 Å². The molecular formula is C38H24N4O. The van der Waals surface area contributed by atoms with E-state index in [0.717, 1.165) is 38.8 Å². The lowest BCUT2D eigenvalue weighted by Gasteiger charge is -2.23. The van der Waals surface area contributed by atoms with Crippen LogP contribution in [0.1, 0.15) is 23.0 Å². The normalized spacial score (nSPS) is 15.2. The fraction of sp³-hybridized carbons (Fsp3) is 0.0263. The van der Waals surface area contributed by atoms with Crippen molar-refractivity contribution >= 4 is 65.9 Å². The standard InChI is InChI=1S/C38H24N4O/c1-2-9-25(10-3-1)36-40-37(42-38(41-36)35-34-30-12-6-7-13-32(30)43-33(34)20-21-39-35)26-15-14-24-17-18-28-27-11-5-4-8-23(27)16-19-29(28)31(24)22-26/h1-22,36H,(H,40,41,42). The highest BCUT2D eigenvalue weighted by molar-refractivity contribution is 6.22. The number of nitrogens with zero attached hydrogens (tertiary/aromatic N) is 3. The van der Waals surface area contributed by atoms with Gasteiger partial charge in [-0.15, -0.1) is 0 Å². The number of hydrogen-bond donors (Lipinski definition) is 1. The van der Waals surface area contributed by atoms with Crippen molar-refractivity contribution in [1.29, 1.82) is 0 Å². The number of aliphatic imine (C=N–C) groups is 2. The number of para-hydroxylation sites is 1. The number of rotatable bonds is 3. The molecule has 1 atom stereocenters. The second kappa shape index (κ2) is 9.36. The molecule has 1 N–H and O–H groups in total. The largest absolute Gasteiger partial charge is 0.456 e. The van der Waals surface area contributed by atoms with Crippen LogP contribution in [0.2, 0.25) is 0 Å². The molecule has 43 heavy (non-hydrogen) atoms. The third-order valence-electron chi connectivity index (χ3n) is 8.37. The van der Waals surface area contributed by atoms with Crippen molar-refractivity contribution in [3.8, 4) is 0 Å². The third-order valence-corrected chi connectivity index (χ3v) is 8.37. The van der Waals surface area contributed by atoms with Crippen LogP contribution in [0, 0.1) is 0 Å². The zero-order valence-corrected chi connectivity index (χ0v) is 23.0. The van der Waals surface area contributed by atoms with Gasteiger partial charge < -0.3 is 9.73 Å². The first-order valence-electron chi connectivity index (χ1n) is 14.4. The fourth-order valence-electron chi connectivity index (χ4n) is 6.31. The summed E-state index contributed by atoms with van der Waals surface area (Å²) in [4.78, 5) is 15.1. The molecule has 1 unspecified atom stereocenters. The fourth-order valence-corrected chi connectivity index (χ4v) is 6.31. The van der Waals surface area contributed by atoms with Crippen molar-refractivity contribution in [2.45, 2.75) is 6.17 Å². The van der Waals surface area contributed by atoms with E-state index in [-0.39, 0.29) is 6.17 Å². The molecule has 0 saturated heterocycles. The SMILES string of the molecule is c1ccc(C2N=C(c3ccc4ccc5c6ccccc6ccc5c4c3)N=C(c3nccc4oc5ccccc5c34)N2)cc1. The van der Waals surface area contributed by atoms with E-state index in [0.29, 0.717) is 11.7 Å². The van der Waals surface area contributed by atoms with Gasteiger partial charge in [0.1, 0.15) is 23.0 Å². The van der Waals surface area contributed by atoms with E-state index in [1.54, 1.807) is 6.20 Å². The molecule has 5 heteroatoms. The minimum Gasteiger partial charge on any atom is -0.456 e. The Morgan fingerprint density at radius 3 is 2.19 bits per heavy atom. The zero-order valence-electron chi connectivity index (χ0n) is 23.0.